The molecule has 2 rings (SSSR count). The highest BCUT2D eigenvalue weighted by atomic mass is 79.9. The molecule has 1 heterocycles. The first-order valence-electron chi connectivity index (χ1n) is 5.14. The van der Waals surface area contributed by atoms with Crippen LogP contribution in [0.15, 0.2) is 24.3 Å². The first-order valence-corrected chi connectivity index (χ1v) is 6.64. The Bertz CT molecular complexity index is 583. The van der Waals surface area contributed by atoms with Crippen LogP contribution in [0, 0.1) is 0 Å². The number of rotatable bonds is 2. The summed E-state index contributed by atoms with van der Waals surface area (Å²) in [5, 5.41) is 1.40. The quantitative estimate of drug-likeness (QED) is 0.714. The molecule has 0 spiro atoms. The fourth-order valence-corrected chi connectivity index (χ4v) is 2.35. The molecule has 0 atom stereocenters. The Labute approximate surface area is 115 Å². The Morgan fingerprint density at radius 2 is 1.94 bits per heavy atom. The molecule has 0 bridgehead atoms. The Morgan fingerprint density at radius 1 is 1.22 bits per heavy atom. The molecule has 0 unspecified atom stereocenters. The molecule has 1 aromatic heterocycles. The van der Waals surface area contributed by atoms with Gasteiger partial charge in [-0.2, -0.15) is 13.2 Å². The van der Waals surface area contributed by atoms with Gasteiger partial charge in [0, 0.05) is 10.7 Å². The minimum absolute atomic E-state index is 0.0729. The van der Waals surface area contributed by atoms with E-state index >= 15 is 0 Å². The van der Waals surface area contributed by atoms with Crippen LogP contribution in [0.5, 0.6) is 0 Å². The smallest absolute Gasteiger partial charge is 0.243 e. The molecule has 0 radical (unpaired) electrons. The highest BCUT2D eigenvalue weighted by Crippen LogP contribution is 2.33. The average Bonchev–Trinajstić information content (AvgIpc) is 2.29. The summed E-state index contributed by atoms with van der Waals surface area (Å²) in [6.45, 7) is 0. The van der Waals surface area contributed by atoms with Crippen molar-refractivity contribution in [2.75, 3.05) is 5.33 Å². The number of aryl methyl sites for hydroxylation is 1. The van der Waals surface area contributed by atoms with E-state index in [0.29, 0.717) is 5.39 Å². The van der Waals surface area contributed by atoms with E-state index in [-0.39, 0.29) is 10.5 Å². The molecule has 96 valence electrons. The molecule has 0 saturated carbocycles. The van der Waals surface area contributed by atoms with Gasteiger partial charge in [0.15, 0.2) is 0 Å². The largest absolute Gasteiger partial charge is 0.433 e. The van der Waals surface area contributed by atoms with Crippen LogP contribution in [-0.4, -0.2) is 10.3 Å². The highest BCUT2D eigenvalue weighted by molar-refractivity contribution is 9.09. The van der Waals surface area contributed by atoms with Gasteiger partial charge in [-0.25, -0.2) is 4.98 Å². The summed E-state index contributed by atoms with van der Waals surface area (Å²) in [4.78, 5) is 3.59. The third-order valence-electron chi connectivity index (χ3n) is 2.50. The van der Waals surface area contributed by atoms with Crippen molar-refractivity contribution in [1.82, 2.24) is 4.98 Å². The molecular weight excluding hydrogens is 330 g/mol. The van der Waals surface area contributed by atoms with Gasteiger partial charge >= 0.3 is 6.18 Å². The van der Waals surface area contributed by atoms with E-state index in [1.165, 1.54) is 0 Å². The van der Waals surface area contributed by atoms with Crippen LogP contribution in [0.25, 0.3) is 10.9 Å². The zero-order chi connectivity index (χ0) is 13.3. The lowest BCUT2D eigenvalue weighted by Gasteiger charge is -2.09. The van der Waals surface area contributed by atoms with Gasteiger partial charge in [0.25, 0.3) is 0 Å². The van der Waals surface area contributed by atoms with Crippen LogP contribution in [0.2, 0.25) is 5.02 Å². The van der Waals surface area contributed by atoms with Gasteiger partial charge in [0.1, 0.15) is 5.69 Å². The Balaban J connectivity index is 2.59. The van der Waals surface area contributed by atoms with Crippen LogP contribution in [0.3, 0.4) is 0 Å². The Hall–Kier alpha value is -0.810. The molecule has 0 saturated heterocycles. The number of hydrogen-bond acceptors (Lipinski definition) is 1. The number of fused-ring (bicyclic) bond motifs is 1. The Kier molecular flexibility index (Phi) is 3.82. The molecule has 18 heavy (non-hydrogen) atoms. The predicted octanol–water partition coefficient (Wildman–Crippen LogP) is 4.84. The van der Waals surface area contributed by atoms with E-state index in [9.17, 15) is 13.2 Å². The molecule has 0 aliphatic rings. The maximum absolute atomic E-state index is 12.6. The lowest BCUT2D eigenvalue weighted by atomic mass is 10.1. The summed E-state index contributed by atoms with van der Waals surface area (Å²) in [5.74, 6) is 0. The Morgan fingerprint density at radius 3 is 2.56 bits per heavy atom. The lowest BCUT2D eigenvalue weighted by molar-refractivity contribution is -0.140. The second-order valence-electron chi connectivity index (χ2n) is 3.78. The van der Waals surface area contributed by atoms with Gasteiger partial charge in [-0.1, -0.05) is 33.6 Å². The number of pyridine rings is 1. The van der Waals surface area contributed by atoms with Crippen LogP contribution in [0.4, 0.5) is 13.2 Å². The first-order chi connectivity index (χ1) is 8.41. The maximum Gasteiger partial charge on any atom is 0.433 e. The molecule has 0 aliphatic heterocycles. The van der Waals surface area contributed by atoms with Gasteiger partial charge in [0.2, 0.25) is 0 Å². The number of halogens is 5. The predicted molar refractivity (Wildman–Crippen MR) is 69.3 cm³/mol. The summed E-state index contributed by atoms with van der Waals surface area (Å²) in [5.41, 5.74) is 0.296. The molecular formula is C12H8BrClF3N. The van der Waals surface area contributed by atoms with Crippen molar-refractivity contribution in [3.8, 4) is 0 Å². The van der Waals surface area contributed by atoms with Crippen molar-refractivity contribution < 1.29 is 13.2 Å². The van der Waals surface area contributed by atoms with E-state index in [4.69, 9.17) is 11.6 Å². The van der Waals surface area contributed by atoms with Gasteiger partial charge in [0.05, 0.1) is 10.5 Å². The summed E-state index contributed by atoms with van der Waals surface area (Å²) in [6, 6.07) is 5.95. The monoisotopic (exact) mass is 337 g/mol. The highest BCUT2D eigenvalue weighted by Gasteiger charge is 2.33. The number of hydrogen-bond donors (Lipinski definition) is 0. The third kappa shape index (κ3) is 2.78. The van der Waals surface area contributed by atoms with Gasteiger partial charge in [-0.05, 0) is 30.2 Å². The normalized spacial score (nSPS) is 12.1. The van der Waals surface area contributed by atoms with Crippen LogP contribution in [0.1, 0.15) is 11.3 Å². The number of benzene rings is 1. The van der Waals surface area contributed by atoms with Crippen molar-refractivity contribution >= 4 is 38.4 Å². The molecule has 0 fully saturated rings. The molecule has 0 amide bonds. The zero-order valence-electron chi connectivity index (χ0n) is 9.06. The van der Waals surface area contributed by atoms with E-state index in [0.717, 1.165) is 23.4 Å². The molecule has 6 heteroatoms. The number of nitrogens with zero attached hydrogens (tertiary/aromatic N) is 1. The van der Waals surface area contributed by atoms with E-state index in [1.807, 2.05) is 0 Å². The second-order valence-corrected chi connectivity index (χ2v) is 4.98. The van der Waals surface area contributed by atoms with E-state index in [2.05, 4.69) is 20.9 Å². The van der Waals surface area contributed by atoms with Crippen LogP contribution in [-0.2, 0) is 12.6 Å². The number of aromatic nitrogens is 1. The second kappa shape index (κ2) is 5.05. The standard InChI is InChI=1S/C12H8BrClF3N/c13-4-3-7-1-2-10-8(5-7)9(14)6-11(18-10)12(15,16)17/h1-2,5-6H,3-4H2. The minimum atomic E-state index is -4.48. The van der Waals surface area contributed by atoms with E-state index in [1.54, 1.807) is 18.2 Å². The third-order valence-corrected chi connectivity index (χ3v) is 3.21. The van der Waals surface area contributed by atoms with Gasteiger partial charge in [-0.3, -0.25) is 0 Å². The molecule has 1 nitrogen and oxygen atoms in total. The van der Waals surface area contributed by atoms with Crippen molar-refractivity contribution in [1.29, 1.82) is 0 Å². The fraction of sp³-hybridized carbons (Fsp3) is 0.250. The molecule has 2 aromatic rings. The summed E-state index contributed by atoms with van der Waals surface area (Å²) in [7, 11) is 0. The molecule has 0 N–H and O–H groups in total. The average molecular weight is 339 g/mol. The SMILES string of the molecule is FC(F)(F)c1cc(Cl)c2cc(CCBr)ccc2n1. The van der Waals surface area contributed by atoms with Crippen LogP contribution < -0.4 is 0 Å². The topological polar surface area (TPSA) is 12.9 Å². The minimum Gasteiger partial charge on any atom is -0.243 e. The zero-order valence-corrected chi connectivity index (χ0v) is 11.4. The van der Waals surface area contributed by atoms with Crippen molar-refractivity contribution in [2.45, 2.75) is 12.6 Å². The van der Waals surface area contributed by atoms with Crippen molar-refractivity contribution in [3.63, 3.8) is 0 Å². The summed E-state index contributed by atoms with van der Waals surface area (Å²) >= 11 is 9.20. The molecule has 1 aromatic carbocycles. The van der Waals surface area contributed by atoms with Crippen molar-refractivity contribution in [3.05, 3.63) is 40.5 Å². The van der Waals surface area contributed by atoms with Gasteiger partial charge in [-0.15, -0.1) is 0 Å². The maximum atomic E-state index is 12.6. The van der Waals surface area contributed by atoms with Gasteiger partial charge < -0.3 is 0 Å². The summed E-state index contributed by atoms with van der Waals surface area (Å²) in [6.07, 6.45) is -3.69. The number of alkyl halides is 4. The lowest BCUT2D eigenvalue weighted by Crippen LogP contribution is -2.08. The molecule has 0 aliphatic carbocycles. The van der Waals surface area contributed by atoms with Crippen molar-refractivity contribution in [2.24, 2.45) is 0 Å². The first kappa shape index (κ1) is 13.6. The van der Waals surface area contributed by atoms with Crippen LogP contribution >= 0.6 is 27.5 Å². The summed E-state index contributed by atoms with van der Waals surface area (Å²) < 4.78 is 37.7. The van der Waals surface area contributed by atoms with E-state index < -0.39 is 11.9 Å². The fourth-order valence-electron chi connectivity index (χ4n) is 1.64.